The highest BCUT2D eigenvalue weighted by Crippen LogP contribution is 2.68. The first kappa shape index (κ1) is 21.9. The number of hydrogen-bond acceptors (Lipinski definition) is 1. The Morgan fingerprint density at radius 1 is 0.931 bits per heavy atom. The van der Waals surface area contributed by atoms with Crippen LogP contribution >= 0.6 is 0 Å². The van der Waals surface area contributed by atoms with Gasteiger partial charge in [-0.15, -0.1) is 0 Å². The van der Waals surface area contributed by atoms with Gasteiger partial charge in [0, 0.05) is 0 Å². The Kier molecular flexibility index (Phi) is 6.04. The molecule has 1 heteroatoms. The summed E-state index contributed by atoms with van der Waals surface area (Å²) in [7, 11) is 0. The fourth-order valence-corrected chi connectivity index (χ4v) is 9.12. The monoisotopic (exact) mass is 400 g/mol. The summed E-state index contributed by atoms with van der Waals surface area (Å²) in [6.07, 6.45) is 14.6. The van der Waals surface area contributed by atoms with Crippen LogP contribution in [0.4, 0.5) is 0 Å². The van der Waals surface area contributed by atoms with Crippen molar-refractivity contribution in [3.8, 4) is 0 Å². The minimum Gasteiger partial charge on any atom is -0.393 e. The Labute approximate surface area is 181 Å². The van der Waals surface area contributed by atoms with Crippen molar-refractivity contribution in [2.45, 2.75) is 118 Å². The lowest BCUT2D eigenvalue weighted by atomic mass is 9.46. The van der Waals surface area contributed by atoms with Crippen LogP contribution in [0.1, 0.15) is 112 Å². The quantitative estimate of drug-likeness (QED) is 0.467. The summed E-state index contributed by atoms with van der Waals surface area (Å²) < 4.78 is 0. The second kappa shape index (κ2) is 7.99. The van der Waals surface area contributed by atoms with Crippen molar-refractivity contribution in [1.29, 1.82) is 0 Å². The molecule has 3 saturated carbocycles. The van der Waals surface area contributed by atoms with Crippen LogP contribution in [-0.4, -0.2) is 11.2 Å². The molecule has 166 valence electrons. The number of rotatable bonds is 5. The number of allylic oxidation sites excluding steroid dienone is 1. The molecule has 0 aromatic carbocycles. The Bertz CT molecular complexity index is 632. The maximum absolute atomic E-state index is 10.3. The van der Waals surface area contributed by atoms with Crippen LogP contribution in [0.3, 0.4) is 0 Å². The third kappa shape index (κ3) is 3.66. The van der Waals surface area contributed by atoms with Gasteiger partial charge in [0.25, 0.3) is 0 Å². The molecule has 0 aliphatic heterocycles. The van der Waals surface area contributed by atoms with E-state index in [1.54, 1.807) is 11.1 Å². The summed E-state index contributed by atoms with van der Waals surface area (Å²) in [5, 5.41) is 10.3. The predicted molar refractivity (Wildman–Crippen MR) is 124 cm³/mol. The number of hydrogen-bond donors (Lipinski definition) is 1. The third-order valence-corrected chi connectivity index (χ3v) is 10.6. The van der Waals surface area contributed by atoms with Crippen LogP contribution < -0.4 is 0 Å². The standard InChI is InChI=1S/C28H48O/c1-18(2)8-7-9-19(3)23-10-11-24-22-16-20(4)26-17-21(29)12-14-28(26,6)25(22)13-15-27(23,24)5/h18-19,21-25,29H,7-17H2,1-6H3. The van der Waals surface area contributed by atoms with Crippen LogP contribution in [0, 0.1) is 46.3 Å². The van der Waals surface area contributed by atoms with Crippen molar-refractivity contribution in [2.24, 2.45) is 46.3 Å². The Morgan fingerprint density at radius 3 is 2.41 bits per heavy atom. The second-order valence-electron chi connectivity index (χ2n) is 12.7. The predicted octanol–water partition coefficient (Wildman–Crippen LogP) is 7.78. The highest BCUT2D eigenvalue weighted by atomic mass is 16.3. The highest BCUT2D eigenvalue weighted by Gasteiger charge is 2.59. The Morgan fingerprint density at radius 2 is 1.69 bits per heavy atom. The van der Waals surface area contributed by atoms with Gasteiger partial charge in [0.1, 0.15) is 0 Å². The molecule has 0 spiro atoms. The fraction of sp³-hybridized carbons (Fsp3) is 0.929. The molecule has 8 unspecified atom stereocenters. The van der Waals surface area contributed by atoms with Gasteiger partial charge in [-0.2, -0.15) is 0 Å². The molecule has 0 bridgehead atoms. The number of aliphatic hydroxyl groups excluding tert-OH is 1. The average Bonchev–Trinajstić information content (AvgIpc) is 3.00. The summed E-state index contributed by atoms with van der Waals surface area (Å²) in [6, 6.07) is 0. The molecule has 0 heterocycles. The molecule has 3 fully saturated rings. The van der Waals surface area contributed by atoms with Gasteiger partial charge in [-0.3, -0.25) is 0 Å². The molecule has 29 heavy (non-hydrogen) atoms. The Balaban J connectivity index is 1.53. The summed E-state index contributed by atoms with van der Waals surface area (Å²) in [6.45, 7) is 15.0. The summed E-state index contributed by atoms with van der Waals surface area (Å²) >= 11 is 0. The zero-order valence-electron chi connectivity index (χ0n) is 20.3. The minimum atomic E-state index is -0.0824. The number of fused-ring (bicyclic) bond motifs is 5. The first-order valence-electron chi connectivity index (χ1n) is 13.0. The van der Waals surface area contributed by atoms with E-state index in [0.29, 0.717) is 10.8 Å². The largest absolute Gasteiger partial charge is 0.393 e. The van der Waals surface area contributed by atoms with Crippen molar-refractivity contribution in [3.63, 3.8) is 0 Å². The van der Waals surface area contributed by atoms with Gasteiger partial charge in [0.15, 0.2) is 0 Å². The van der Waals surface area contributed by atoms with E-state index < -0.39 is 0 Å². The number of aliphatic hydroxyl groups is 1. The van der Waals surface area contributed by atoms with Crippen LogP contribution in [0.15, 0.2) is 11.1 Å². The molecule has 0 saturated heterocycles. The van der Waals surface area contributed by atoms with Crippen LogP contribution in [0.5, 0.6) is 0 Å². The van der Waals surface area contributed by atoms with E-state index in [1.165, 1.54) is 57.8 Å². The molecular formula is C28H48O. The maximum Gasteiger partial charge on any atom is 0.0577 e. The molecule has 1 nitrogen and oxygen atoms in total. The van der Waals surface area contributed by atoms with Gasteiger partial charge in [-0.1, -0.05) is 65.0 Å². The molecule has 4 rings (SSSR count). The van der Waals surface area contributed by atoms with Crippen molar-refractivity contribution in [3.05, 3.63) is 11.1 Å². The van der Waals surface area contributed by atoms with E-state index >= 15 is 0 Å². The molecule has 4 aliphatic carbocycles. The minimum absolute atomic E-state index is 0.0824. The van der Waals surface area contributed by atoms with Gasteiger partial charge in [0.2, 0.25) is 0 Å². The van der Waals surface area contributed by atoms with Crippen LogP contribution in [-0.2, 0) is 0 Å². The van der Waals surface area contributed by atoms with Crippen molar-refractivity contribution in [1.82, 2.24) is 0 Å². The molecular weight excluding hydrogens is 352 g/mol. The topological polar surface area (TPSA) is 20.2 Å². The lowest BCUT2D eigenvalue weighted by Gasteiger charge is -2.59. The van der Waals surface area contributed by atoms with Crippen molar-refractivity contribution >= 4 is 0 Å². The highest BCUT2D eigenvalue weighted by molar-refractivity contribution is 5.30. The molecule has 0 aromatic rings. The van der Waals surface area contributed by atoms with Crippen LogP contribution in [0.25, 0.3) is 0 Å². The van der Waals surface area contributed by atoms with Gasteiger partial charge in [0.05, 0.1) is 6.10 Å². The lowest BCUT2D eigenvalue weighted by molar-refractivity contribution is -0.0595. The third-order valence-electron chi connectivity index (χ3n) is 10.6. The average molecular weight is 401 g/mol. The molecule has 4 aliphatic rings. The zero-order valence-corrected chi connectivity index (χ0v) is 20.3. The van der Waals surface area contributed by atoms with E-state index in [0.717, 1.165) is 48.3 Å². The van der Waals surface area contributed by atoms with E-state index in [1.807, 2.05) is 0 Å². The summed E-state index contributed by atoms with van der Waals surface area (Å²) in [5.41, 5.74) is 4.29. The van der Waals surface area contributed by atoms with Crippen molar-refractivity contribution in [2.75, 3.05) is 0 Å². The van der Waals surface area contributed by atoms with Gasteiger partial charge in [-0.25, -0.2) is 0 Å². The van der Waals surface area contributed by atoms with E-state index in [4.69, 9.17) is 0 Å². The maximum atomic E-state index is 10.3. The summed E-state index contributed by atoms with van der Waals surface area (Å²) in [5.74, 6) is 5.43. The molecule has 0 aromatic heterocycles. The zero-order chi connectivity index (χ0) is 21.0. The first-order valence-corrected chi connectivity index (χ1v) is 13.0. The fourth-order valence-electron chi connectivity index (χ4n) is 9.12. The summed E-state index contributed by atoms with van der Waals surface area (Å²) in [4.78, 5) is 0. The van der Waals surface area contributed by atoms with E-state index in [2.05, 4.69) is 41.5 Å². The Hall–Kier alpha value is -0.300. The van der Waals surface area contributed by atoms with E-state index in [-0.39, 0.29) is 6.10 Å². The van der Waals surface area contributed by atoms with Gasteiger partial charge >= 0.3 is 0 Å². The molecule has 8 atom stereocenters. The van der Waals surface area contributed by atoms with E-state index in [9.17, 15) is 5.11 Å². The molecule has 1 N–H and O–H groups in total. The van der Waals surface area contributed by atoms with Crippen LogP contribution in [0.2, 0.25) is 0 Å². The normalized spacial score (nSPS) is 45.7. The molecule has 0 radical (unpaired) electrons. The SMILES string of the molecule is CC1=C2CC(O)CCC2(C)C2CCC3(C)C(C(C)CCCC(C)C)CCC3C2C1. The second-order valence-corrected chi connectivity index (χ2v) is 12.7. The van der Waals surface area contributed by atoms with Gasteiger partial charge < -0.3 is 5.11 Å². The van der Waals surface area contributed by atoms with Crippen molar-refractivity contribution < 1.29 is 5.11 Å². The smallest absolute Gasteiger partial charge is 0.0577 e. The first-order chi connectivity index (χ1) is 13.7. The molecule has 0 amide bonds. The lowest BCUT2D eigenvalue weighted by Crippen LogP contribution is -2.51. The van der Waals surface area contributed by atoms with Gasteiger partial charge in [-0.05, 0) is 105 Å².